The van der Waals surface area contributed by atoms with Crippen molar-refractivity contribution in [3.8, 4) is 11.1 Å². The normalized spacial score (nSPS) is 17.8. The molecule has 1 aliphatic heterocycles. The van der Waals surface area contributed by atoms with Crippen LogP contribution in [0.5, 0.6) is 0 Å². The average Bonchev–Trinajstić information content (AvgIpc) is 2.89. The molecule has 0 unspecified atom stereocenters. The smallest absolute Gasteiger partial charge is 0.233 e. The Morgan fingerprint density at radius 3 is 2.76 bits per heavy atom. The van der Waals surface area contributed by atoms with Gasteiger partial charge in [-0.05, 0) is 30.0 Å². The van der Waals surface area contributed by atoms with Gasteiger partial charge >= 0.3 is 0 Å². The maximum atomic E-state index is 13.3. The zero-order valence-electron chi connectivity index (χ0n) is 17.3. The molecule has 0 radical (unpaired) electrons. The van der Waals surface area contributed by atoms with Crippen LogP contribution < -0.4 is 5.32 Å². The number of benzene rings is 1. The molecule has 154 valence electrons. The van der Waals surface area contributed by atoms with E-state index in [0.29, 0.717) is 26.1 Å². The minimum atomic E-state index is -0.175. The lowest BCUT2D eigenvalue weighted by molar-refractivity contribution is -0.134. The molecule has 2 heterocycles. The second-order valence-electron chi connectivity index (χ2n) is 7.53. The van der Waals surface area contributed by atoms with Crippen molar-refractivity contribution in [3.63, 3.8) is 0 Å². The molecular weight excluding hydrogens is 364 g/mol. The zero-order valence-corrected chi connectivity index (χ0v) is 17.3. The van der Waals surface area contributed by atoms with Crippen LogP contribution in [0.3, 0.4) is 0 Å². The van der Waals surface area contributed by atoms with Crippen molar-refractivity contribution < 1.29 is 9.59 Å². The summed E-state index contributed by atoms with van der Waals surface area (Å²) < 4.78 is 0. The Labute approximate surface area is 172 Å². The number of pyridine rings is 1. The van der Waals surface area contributed by atoms with Gasteiger partial charge in [-0.1, -0.05) is 37.3 Å². The molecule has 1 N–H and O–H groups in total. The first-order chi connectivity index (χ1) is 14.1. The number of nitrogens with zero attached hydrogens (tertiary/aromatic N) is 3. The van der Waals surface area contributed by atoms with E-state index in [1.165, 1.54) is 0 Å². The molecule has 0 spiro atoms. The Morgan fingerprint density at radius 1 is 1.21 bits per heavy atom. The fourth-order valence-corrected chi connectivity index (χ4v) is 3.95. The third kappa shape index (κ3) is 5.41. The van der Waals surface area contributed by atoms with E-state index < -0.39 is 0 Å². The Kier molecular flexibility index (Phi) is 7.36. The van der Waals surface area contributed by atoms with Crippen molar-refractivity contribution in [2.45, 2.75) is 19.8 Å². The highest BCUT2D eigenvalue weighted by Crippen LogP contribution is 2.26. The van der Waals surface area contributed by atoms with Gasteiger partial charge in [-0.15, -0.1) is 0 Å². The van der Waals surface area contributed by atoms with Gasteiger partial charge in [-0.3, -0.25) is 19.5 Å². The summed E-state index contributed by atoms with van der Waals surface area (Å²) in [4.78, 5) is 33.5. The molecule has 2 amide bonds. The molecular formula is C23H30N4O2. The van der Waals surface area contributed by atoms with Crippen LogP contribution in [0.1, 0.15) is 18.9 Å². The van der Waals surface area contributed by atoms with Crippen LogP contribution in [0, 0.1) is 5.92 Å². The first-order valence-electron chi connectivity index (χ1n) is 10.3. The minimum Gasteiger partial charge on any atom is -0.358 e. The third-order valence-electron chi connectivity index (χ3n) is 5.42. The lowest BCUT2D eigenvalue weighted by Crippen LogP contribution is -2.39. The van der Waals surface area contributed by atoms with Gasteiger partial charge < -0.3 is 10.2 Å². The maximum Gasteiger partial charge on any atom is 0.233 e. The number of aromatic nitrogens is 1. The van der Waals surface area contributed by atoms with Crippen molar-refractivity contribution >= 4 is 11.8 Å². The van der Waals surface area contributed by atoms with Crippen LogP contribution in [0.15, 0.2) is 48.8 Å². The molecule has 1 atom stereocenters. The summed E-state index contributed by atoms with van der Waals surface area (Å²) >= 11 is 0. The predicted molar refractivity (Wildman–Crippen MR) is 114 cm³/mol. The van der Waals surface area contributed by atoms with Gasteiger partial charge in [-0.25, -0.2) is 0 Å². The van der Waals surface area contributed by atoms with E-state index in [-0.39, 0.29) is 17.7 Å². The van der Waals surface area contributed by atoms with Crippen molar-refractivity contribution in [2.75, 3.05) is 39.8 Å². The van der Waals surface area contributed by atoms with Crippen molar-refractivity contribution in [1.29, 1.82) is 0 Å². The van der Waals surface area contributed by atoms with E-state index >= 15 is 0 Å². The van der Waals surface area contributed by atoms with Gasteiger partial charge in [0.2, 0.25) is 11.8 Å². The highest BCUT2D eigenvalue weighted by molar-refractivity contribution is 5.81. The van der Waals surface area contributed by atoms with E-state index in [9.17, 15) is 9.59 Å². The van der Waals surface area contributed by atoms with Gasteiger partial charge in [0.05, 0.1) is 12.5 Å². The Balaban J connectivity index is 1.86. The molecule has 29 heavy (non-hydrogen) atoms. The summed E-state index contributed by atoms with van der Waals surface area (Å²) in [7, 11) is 1.65. The fraction of sp³-hybridized carbons (Fsp3) is 0.435. The lowest BCUT2D eigenvalue weighted by atomic mass is 9.91. The Morgan fingerprint density at radius 2 is 2.03 bits per heavy atom. The number of carbonyl (C=O) groups is 2. The van der Waals surface area contributed by atoms with Crippen molar-refractivity contribution in [1.82, 2.24) is 20.1 Å². The van der Waals surface area contributed by atoms with Gasteiger partial charge in [0.15, 0.2) is 0 Å². The molecule has 1 fully saturated rings. The van der Waals surface area contributed by atoms with E-state index in [1.54, 1.807) is 13.2 Å². The van der Waals surface area contributed by atoms with Crippen LogP contribution in [0.25, 0.3) is 11.1 Å². The number of likely N-dealkylation sites (N-methyl/N-ethyl adjacent to an activating group) is 1. The number of hydrogen-bond donors (Lipinski definition) is 1. The summed E-state index contributed by atoms with van der Waals surface area (Å²) in [6.45, 7) is 5.16. The van der Waals surface area contributed by atoms with Crippen molar-refractivity contribution in [3.05, 3.63) is 54.4 Å². The predicted octanol–water partition coefficient (Wildman–Crippen LogP) is 2.21. The minimum absolute atomic E-state index is 0.0177. The zero-order chi connectivity index (χ0) is 20.6. The molecule has 0 aliphatic carbocycles. The number of amides is 2. The van der Waals surface area contributed by atoms with Crippen molar-refractivity contribution in [2.24, 2.45) is 5.92 Å². The standard InChI is InChI=1S/C23H30N4O2/c1-3-11-27-13-12-26(17-22(28)24-2)16-20(23(27)29)14-18-7-4-5-9-21(18)19-8-6-10-25-15-19/h4-10,15,20H,3,11-14,16-17H2,1-2H3,(H,24,28)/t20-/m0/s1. The van der Waals surface area contributed by atoms with E-state index in [4.69, 9.17) is 0 Å². The second kappa shape index (κ2) is 10.2. The van der Waals surface area contributed by atoms with Crippen LogP contribution >= 0.6 is 0 Å². The largest absolute Gasteiger partial charge is 0.358 e. The number of hydrogen-bond acceptors (Lipinski definition) is 4. The summed E-state index contributed by atoms with van der Waals surface area (Å²) in [5.41, 5.74) is 3.30. The van der Waals surface area contributed by atoms with Crippen LogP contribution in [-0.2, 0) is 16.0 Å². The number of rotatable bonds is 7. The fourth-order valence-electron chi connectivity index (χ4n) is 3.95. The third-order valence-corrected chi connectivity index (χ3v) is 5.42. The van der Waals surface area contributed by atoms with Gasteiger partial charge in [0, 0.05) is 51.2 Å². The molecule has 1 aromatic carbocycles. The van der Waals surface area contributed by atoms with E-state index in [2.05, 4.69) is 34.3 Å². The maximum absolute atomic E-state index is 13.3. The quantitative estimate of drug-likeness (QED) is 0.782. The lowest BCUT2D eigenvalue weighted by Gasteiger charge is -2.24. The van der Waals surface area contributed by atoms with E-state index in [0.717, 1.165) is 36.2 Å². The topological polar surface area (TPSA) is 65.5 Å². The average molecular weight is 395 g/mol. The summed E-state index contributed by atoms with van der Waals surface area (Å²) in [5, 5.41) is 2.69. The molecule has 0 bridgehead atoms. The number of carbonyl (C=O) groups excluding carboxylic acids is 2. The molecule has 0 saturated carbocycles. The first-order valence-corrected chi connectivity index (χ1v) is 10.3. The monoisotopic (exact) mass is 394 g/mol. The van der Waals surface area contributed by atoms with Crippen LogP contribution in [0.4, 0.5) is 0 Å². The highest BCUT2D eigenvalue weighted by atomic mass is 16.2. The highest BCUT2D eigenvalue weighted by Gasteiger charge is 2.31. The Hall–Kier alpha value is -2.73. The number of nitrogens with one attached hydrogen (secondary N) is 1. The Bertz CT molecular complexity index is 825. The van der Waals surface area contributed by atoms with Crippen LogP contribution in [0.2, 0.25) is 0 Å². The molecule has 1 aromatic heterocycles. The summed E-state index contributed by atoms with van der Waals surface area (Å²) in [6.07, 6.45) is 5.20. The molecule has 1 saturated heterocycles. The van der Waals surface area contributed by atoms with Crippen LogP contribution in [-0.4, -0.2) is 66.4 Å². The van der Waals surface area contributed by atoms with Gasteiger partial charge in [-0.2, -0.15) is 0 Å². The molecule has 3 rings (SSSR count). The van der Waals surface area contributed by atoms with E-state index in [1.807, 2.05) is 35.4 Å². The summed E-state index contributed by atoms with van der Waals surface area (Å²) in [6, 6.07) is 12.2. The molecule has 6 nitrogen and oxygen atoms in total. The first kappa shape index (κ1) is 21.0. The second-order valence-corrected chi connectivity index (χ2v) is 7.53. The van der Waals surface area contributed by atoms with Gasteiger partial charge in [0.1, 0.15) is 0 Å². The molecule has 1 aliphatic rings. The molecule has 2 aromatic rings. The molecule has 6 heteroatoms. The SMILES string of the molecule is CCCN1CCN(CC(=O)NC)C[C@H](Cc2ccccc2-c2cccnc2)C1=O. The van der Waals surface area contributed by atoms with Gasteiger partial charge in [0.25, 0.3) is 0 Å². The summed E-state index contributed by atoms with van der Waals surface area (Å²) in [5.74, 6) is -0.00493.